The molecular weight excluding hydrogens is 737 g/mol. The van der Waals surface area contributed by atoms with E-state index in [1.807, 2.05) is 50.3 Å². The normalized spacial score (nSPS) is 14.7. The molecule has 0 bridgehead atoms. The number of carbonyl (C=O) groups is 1. The van der Waals surface area contributed by atoms with Crippen LogP contribution >= 0.6 is 50.5 Å². The summed E-state index contributed by atoms with van der Waals surface area (Å²) in [5, 5.41) is 2.15. The lowest BCUT2D eigenvalue weighted by atomic mass is 9.95. The number of esters is 1. The predicted octanol–water partition coefficient (Wildman–Crippen LogP) is 7.59. The van der Waals surface area contributed by atoms with Gasteiger partial charge in [-0.15, -0.1) is 0 Å². The number of hydrogen-bond acceptors (Lipinski definition) is 7. The molecule has 3 aromatic carbocycles. The van der Waals surface area contributed by atoms with Gasteiger partial charge < -0.3 is 18.8 Å². The first kappa shape index (κ1) is 34.0. The van der Waals surface area contributed by atoms with E-state index in [1.165, 1.54) is 11.3 Å². The molecule has 1 aliphatic heterocycles. The van der Waals surface area contributed by atoms with Crippen molar-refractivity contribution in [3.63, 3.8) is 0 Å². The van der Waals surface area contributed by atoms with Crippen LogP contribution in [0.1, 0.15) is 49.2 Å². The predicted molar refractivity (Wildman–Crippen MR) is 195 cm³/mol. The summed E-state index contributed by atoms with van der Waals surface area (Å²) in [4.78, 5) is 33.2. The molecule has 1 atom stereocenters. The van der Waals surface area contributed by atoms with Crippen LogP contribution in [0.4, 0.5) is 0 Å². The lowest BCUT2D eigenvalue weighted by molar-refractivity contribution is -0.139. The number of halogens is 3. The lowest BCUT2D eigenvalue weighted by Gasteiger charge is -2.26. The topological polar surface area (TPSA) is 84.1 Å². The maximum atomic E-state index is 14.5. The Kier molecular flexibility index (Phi) is 9.90. The van der Waals surface area contributed by atoms with Gasteiger partial charge in [-0.3, -0.25) is 9.36 Å². The molecule has 1 aliphatic rings. The zero-order chi connectivity index (χ0) is 34.3. The van der Waals surface area contributed by atoms with Crippen LogP contribution in [0.15, 0.2) is 80.1 Å². The molecule has 5 aromatic rings. The minimum absolute atomic E-state index is 0.172. The number of hydrogen-bond donors (Lipinski definition) is 0. The van der Waals surface area contributed by atoms with E-state index in [4.69, 9.17) is 42.4 Å². The Bertz CT molecular complexity index is 2310. The van der Waals surface area contributed by atoms with E-state index < -0.39 is 12.0 Å². The van der Waals surface area contributed by atoms with Gasteiger partial charge in [0, 0.05) is 43.2 Å². The molecule has 6 rings (SSSR count). The summed E-state index contributed by atoms with van der Waals surface area (Å²) in [6, 6.07) is 16.3. The highest BCUT2D eigenvalue weighted by Gasteiger charge is 2.35. The van der Waals surface area contributed by atoms with Crippen molar-refractivity contribution in [2.45, 2.75) is 40.3 Å². The average Bonchev–Trinajstić information content (AvgIpc) is 3.50. The molecule has 0 radical (unpaired) electrons. The molecule has 3 heterocycles. The number of fused-ring (bicyclic) bond motifs is 2. The second-order valence-electron chi connectivity index (χ2n) is 11.1. The van der Waals surface area contributed by atoms with Crippen LogP contribution in [0, 0.1) is 6.92 Å². The highest BCUT2D eigenvalue weighted by atomic mass is 79.9. The number of benzene rings is 3. The Morgan fingerprint density at radius 3 is 2.54 bits per heavy atom. The molecule has 0 spiro atoms. The first-order valence-corrected chi connectivity index (χ1v) is 17.7. The smallest absolute Gasteiger partial charge is 0.338 e. The second kappa shape index (κ2) is 14.0. The monoisotopic (exact) mass is 767 g/mol. The van der Waals surface area contributed by atoms with Crippen LogP contribution in [-0.2, 0) is 16.1 Å². The summed E-state index contributed by atoms with van der Waals surface area (Å²) in [7, 11) is 1.55. The summed E-state index contributed by atoms with van der Waals surface area (Å²) < 4.78 is 21.8. The van der Waals surface area contributed by atoms with Crippen molar-refractivity contribution in [1.29, 1.82) is 0 Å². The van der Waals surface area contributed by atoms with Crippen molar-refractivity contribution in [2.75, 3.05) is 20.3 Å². The zero-order valence-corrected chi connectivity index (χ0v) is 30.8. The number of aromatic nitrogens is 2. The van der Waals surface area contributed by atoms with Crippen LogP contribution in [0.25, 0.3) is 17.0 Å². The number of thiazole rings is 1. The summed E-state index contributed by atoms with van der Waals surface area (Å²) in [5.74, 6) is 0.463. The molecule has 0 amide bonds. The maximum absolute atomic E-state index is 14.5. The van der Waals surface area contributed by atoms with Gasteiger partial charge in [-0.1, -0.05) is 74.7 Å². The standard InChI is InChI=1S/C36H32BrCl2N3O5S/c1-6-46-30-17-26(37)25(15-29(30)45-5)33-32(35(44)47-7-2)19(3)40-36-42(33)34(43)31(48-36)16-24-20(4)41(28-11-9-8-10-23(24)28)18-21-12-13-22(38)14-27(21)39/h8-17,33H,6-7,18H2,1-5H3/b31-16+/t33-/m1/s1. The number of methoxy groups -OCH3 is 1. The Hall–Kier alpha value is -3.83. The second-order valence-corrected chi connectivity index (χ2v) is 13.8. The first-order chi connectivity index (χ1) is 23.1. The third kappa shape index (κ3) is 6.11. The number of ether oxygens (including phenoxy) is 3. The van der Waals surface area contributed by atoms with Crippen molar-refractivity contribution >= 4 is 73.4 Å². The SMILES string of the molecule is CCOC(=O)C1=C(C)N=c2s/c(=C/c3c(C)n(Cc4ccc(Cl)cc4Cl)c4ccccc34)c(=O)n2[C@@H]1c1cc(OC)c(OCC)cc1Br. The van der Waals surface area contributed by atoms with E-state index in [0.29, 0.717) is 59.8 Å². The van der Waals surface area contributed by atoms with Gasteiger partial charge in [-0.05, 0) is 75.2 Å². The molecule has 0 unspecified atom stereocenters. The summed E-state index contributed by atoms with van der Waals surface area (Å²) in [5.41, 5.74) is 4.89. The third-order valence-electron chi connectivity index (χ3n) is 8.29. The molecule has 0 saturated heterocycles. The molecule has 0 aliphatic carbocycles. The lowest BCUT2D eigenvalue weighted by Crippen LogP contribution is -2.40. The van der Waals surface area contributed by atoms with Crippen LogP contribution in [0.5, 0.6) is 11.5 Å². The highest BCUT2D eigenvalue weighted by molar-refractivity contribution is 9.10. The van der Waals surface area contributed by atoms with Gasteiger partial charge in [0.25, 0.3) is 5.56 Å². The summed E-state index contributed by atoms with van der Waals surface area (Å²) in [6.07, 6.45) is 1.91. The van der Waals surface area contributed by atoms with Crippen molar-refractivity contribution < 1.29 is 19.0 Å². The van der Waals surface area contributed by atoms with Gasteiger partial charge in [0.1, 0.15) is 0 Å². The van der Waals surface area contributed by atoms with E-state index in [0.717, 1.165) is 27.7 Å². The van der Waals surface area contributed by atoms with E-state index in [2.05, 4.69) is 26.6 Å². The quantitative estimate of drug-likeness (QED) is 0.145. The molecule has 12 heteroatoms. The fourth-order valence-electron chi connectivity index (χ4n) is 6.07. The molecular formula is C36H32BrCl2N3O5S. The van der Waals surface area contributed by atoms with Crippen molar-refractivity contribution in [3.05, 3.63) is 122 Å². The molecule has 248 valence electrons. The van der Waals surface area contributed by atoms with E-state index >= 15 is 0 Å². The fourth-order valence-corrected chi connectivity index (χ4v) is 8.10. The van der Waals surface area contributed by atoms with E-state index in [9.17, 15) is 9.59 Å². The molecule has 0 N–H and O–H groups in total. The number of rotatable bonds is 9. The Morgan fingerprint density at radius 1 is 1.06 bits per heavy atom. The fraction of sp³-hybridized carbons (Fsp3) is 0.250. The Balaban J connectivity index is 1.57. The number of allylic oxidation sites excluding steroid dienone is 1. The van der Waals surface area contributed by atoms with Crippen molar-refractivity contribution in [3.8, 4) is 11.5 Å². The molecule has 0 saturated carbocycles. The first-order valence-electron chi connectivity index (χ1n) is 15.3. The van der Waals surface area contributed by atoms with Gasteiger partial charge in [0.2, 0.25) is 0 Å². The van der Waals surface area contributed by atoms with Gasteiger partial charge >= 0.3 is 5.97 Å². The third-order valence-corrected chi connectivity index (χ3v) is 10.5. The minimum Gasteiger partial charge on any atom is -0.493 e. The summed E-state index contributed by atoms with van der Waals surface area (Å²) >= 11 is 17.7. The number of nitrogens with zero attached hydrogens (tertiary/aromatic N) is 3. The Morgan fingerprint density at radius 2 is 1.83 bits per heavy atom. The molecule has 2 aromatic heterocycles. The highest BCUT2D eigenvalue weighted by Crippen LogP contribution is 2.41. The van der Waals surface area contributed by atoms with Crippen molar-refractivity contribution in [1.82, 2.24) is 9.13 Å². The molecule has 48 heavy (non-hydrogen) atoms. The van der Waals surface area contributed by atoms with Gasteiger partial charge in [0.15, 0.2) is 16.3 Å². The maximum Gasteiger partial charge on any atom is 0.338 e. The van der Waals surface area contributed by atoms with Crippen LogP contribution in [-0.4, -0.2) is 35.4 Å². The largest absolute Gasteiger partial charge is 0.493 e. The van der Waals surface area contributed by atoms with Gasteiger partial charge in [-0.25, -0.2) is 9.79 Å². The van der Waals surface area contributed by atoms with Crippen LogP contribution in [0.3, 0.4) is 0 Å². The Labute approximate surface area is 299 Å². The number of para-hydroxylation sites is 1. The average molecular weight is 770 g/mol. The van der Waals surface area contributed by atoms with Crippen LogP contribution < -0.4 is 24.4 Å². The molecule has 0 fully saturated rings. The minimum atomic E-state index is -0.837. The van der Waals surface area contributed by atoms with Crippen LogP contribution in [0.2, 0.25) is 10.0 Å². The van der Waals surface area contributed by atoms with Crippen molar-refractivity contribution in [2.24, 2.45) is 4.99 Å². The zero-order valence-electron chi connectivity index (χ0n) is 26.9. The van der Waals surface area contributed by atoms with Gasteiger partial charge in [-0.2, -0.15) is 0 Å². The van der Waals surface area contributed by atoms with E-state index in [-0.39, 0.29) is 17.7 Å². The number of carbonyl (C=O) groups excluding carboxylic acids is 1. The molecule has 8 nitrogen and oxygen atoms in total. The summed E-state index contributed by atoms with van der Waals surface area (Å²) in [6.45, 7) is 8.55. The van der Waals surface area contributed by atoms with E-state index in [1.54, 1.807) is 43.7 Å². The van der Waals surface area contributed by atoms with Gasteiger partial charge in [0.05, 0.1) is 42.2 Å².